The number of carbonyl (C=O) groups is 1. The monoisotopic (exact) mass is 511 g/mol. The van der Waals surface area contributed by atoms with Gasteiger partial charge >= 0.3 is 5.97 Å². The van der Waals surface area contributed by atoms with Crippen LogP contribution in [0.5, 0.6) is 11.5 Å². The third kappa shape index (κ3) is 3.73. The van der Waals surface area contributed by atoms with E-state index in [1.165, 1.54) is 6.07 Å². The topological polar surface area (TPSA) is 93.1 Å². The number of carboxylic acid groups (broad SMARTS) is 1. The van der Waals surface area contributed by atoms with Crippen LogP contribution in [0.25, 0.3) is 5.57 Å². The summed E-state index contributed by atoms with van der Waals surface area (Å²) in [5, 5.41) is 10.6. The lowest BCUT2D eigenvalue weighted by Gasteiger charge is -2.34. The lowest BCUT2D eigenvalue weighted by atomic mass is 9.93. The number of fused-ring (bicyclic) bond motifs is 2. The van der Waals surface area contributed by atoms with Gasteiger partial charge in [-0.05, 0) is 35.7 Å². The molecule has 4 aromatic rings. The van der Waals surface area contributed by atoms with Gasteiger partial charge in [0.15, 0.2) is 17.2 Å². The van der Waals surface area contributed by atoms with E-state index in [4.69, 9.17) is 9.47 Å². The Balaban J connectivity index is 1.67. The van der Waals surface area contributed by atoms with E-state index >= 15 is 0 Å². The van der Waals surface area contributed by atoms with Crippen molar-refractivity contribution in [1.82, 2.24) is 0 Å². The van der Waals surface area contributed by atoms with Gasteiger partial charge < -0.3 is 14.6 Å². The highest BCUT2D eigenvalue weighted by Crippen LogP contribution is 2.48. The van der Waals surface area contributed by atoms with Gasteiger partial charge in [0.2, 0.25) is 6.79 Å². The highest BCUT2D eigenvalue weighted by atomic mass is 32.2. The highest BCUT2D eigenvalue weighted by molar-refractivity contribution is 7.93. The Bertz CT molecular complexity index is 1680. The number of aliphatic carboxylic acids is 1. The van der Waals surface area contributed by atoms with Crippen LogP contribution in [0, 0.1) is 0 Å². The molecule has 0 aromatic heterocycles. The van der Waals surface area contributed by atoms with Crippen molar-refractivity contribution >= 4 is 27.3 Å². The van der Waals surface area contributed by atoms with Crippen molar-refractivity contribution < 1.29 is 27.8 Å². The van der Waals surface area contributed by atoms with Gasteiger partial charge in [-0.25, -0.2) is 17.5 Å². The first kappa shape index (κ1) is 22.9. The molecule has 8 heteroatoms. The van der Waals surface area contributed by atoms with E-state index in [1.807, 2.05) is 42.5 Å². The molecule has 2 aliphatic rings. The number of hydrogen-bond acceptors (Lipinski definition) is 5. The third-order valence-corrected chi connectivity index (χ3v) is 8.20. The molecular weight excluding hydrogens is 490 g/mol. The summed E-state index contributed by atoms with van der Waals surface area (Å²) in [5.74, 6) is -0.529. The van der Waals surface area contributed by atoms with Gasteiger partial charge in [-0.15, -0.1) is 0 Å². The molecule has 0 spiro atoms. The molecule has 6 rings (SSSR count). The minimum Gasteiger partial charge on any atom is -0.477 e. The van der Waals surface area contributed by atoms with Crippen molar-refractivity contribution in [1.29, 1.82) is 0 Å². The van der Waals surface area contributed by atoms with Crippen molar-refractivity contribution in [3.63, 3.8) is 0 Å². The number of nitrogens with zero attached hydrogens (tertiary/aromatic N) is 1. The molecule has 0 amide bonds. The zero-order valence-electron chi connectivity index (χ0n) is 19.5. The molecule has 2 heterocycles. The molecular formula is C29H21NO6S. The number of rotatable bonds is 5. The van der Waals surface area contributed by atoms with Gasteiger partial charge in [-0.2, -0.15) is 0 Å². The Kier molecular flexibility index (Phi) is 5.46. The lowest BCUT2D eigenvalue weighted by Crippen LogP contribution is -2.39. The smallest absolute Gasteiger partial charge is 0.354 e. The van der Waals surface area contributed by atoms with Crippen LogP contribution < -0.4 is 13.8 Å². The van der Waals surface area contributed by atoms with Crippen molar-refractivity contribution in [2.24, 2.45) is 0 Å². The minimum absolute atomic E-state index is 0.00833. The molecule has 0 unspecified atom stereocenters. The second kappa shape index (κ2) is 8.83. The predicted octanol–water partition coefficient (Wildman–Crippen LogP) is 5.06. The first-order valence-corrected chi connectivity index (χ1v) is 13.0. The largest absolute Gasteiger partial charge is 0.477 e. The molecule has 0 aliphatic carbocycles. The number of para-hydroxylation sites is 2. The summed E-state index contributed by atoms with van der Waals surface area (Å²) in [7, 11) is -4.28. The molecule has 2 aliphatic heterocycles. The number of carboxylic acids is 1. The maximum absolute atomic E-state index is 14.1. The summed E-state index contributed by atoms with van der Waals surface area (Å²) in [6.07, 6.45) is 0.421. The molecule has 0 radical (unpaired) electrons. The Labute approximate surface area is 213 Å². The summed E-state index contributed by atoms with van der Waals surface area (Å²) < 4.78 is 40.4. The Morgan fingerprint density at radius 3 is 2.32 bits per heavy atom. The SMILES string of the molecule is O=C(O)C1=C(c2cccc3c2OCO3)c2ccccc2S(=O)(=O)N1c1ccccc1Cc1ccccc1. The molecule has 37 heavy (non-hydrogen) atoms. The first-order chi connectivity index (χ1) is 18.0. The van der Waals surface area contributed by atoms with Crippen molar-refractivity contribution in [3.05, 3.63) is 125 Å². The lowest BCUT2D eigenvalue weighted by molar-refractivity contribution is -0.132. The van der Waals surface area contributed by atoms with Gasteiger partial charge in [0, 0.05) is 16.7 Å². The maximum Gasteiger partial charge on any atom is 0.354 e. The zero-order valence-corrected chi connectivity index (χ0v) is 20.3. The fourth-order valence-corrected chi connectivity index (χ4v) is 6.61. The molecule has 7 nitrogen and oxygen atoms in total. The molecule has 1 N–H and O–H groups in total. The predicted molar refractivity (Wildman–Crippen MR) is 138 cm³/mol. The Hall–Kier alpha value is -4.56. The maximum atomic E-state index is 14.1. The van der Waals surface area contributed by atoms with E-state index in [1.54, 1.807) is 48.5 Å². The van der Waals surface area contributed by atoms with E-state index in [2.05, 4.69) is 0 Å². The summed E-state index contributed by atoms with van der Waals surface area (Å²) >= 11 is 0. The zero-order chi connectivity index (χ0) is 25.6. The first-order valence-electron chi connectivity index (χ1n) is 11.6. The van der Waals surface area contributed by atoms with Crippen LogP contribution in [0.1, 0.15) is 22.3 Å². The number of anilines is 1. The van der Waals surface area contributed by atoms with E-state index in [9.17, 15) is 18.3 Å². The summed E-state index contributed by atoms with van der Waals surface area (Å²) in [6.45, 7) is -0.00833. The van der Waals surface area contributed by atoms with Crippen LogP contribution in [0.4, 0.5) is 5.69 Å². The molecule has 184 valence electrons. The fourth-order valence-electron chi connectivity index (χ4n) is 4.86. The summed E-state index contributed by atoms with van der Waals surface area (Å²) in [5.41, 5.74) is 2.53. The van der Waals surface area contributed by atoms with Crippen molar-refractivity contribution in [2.45, 2.75) is 11.3 Å². The number of sulfonamides is 1. The molecule has 0 atom stereocenters. The van der Waals surface area contributed by atoms with Crippen molar-refractivity contribution in [3.8, 4) is 11.5 Å². The Morgan fingerprint density at radius 1 is 0.811 bits per heavy atom. The van der Waals surface area contributed by atoms with E-state index in [0.717, 1.165) is 9.87 Å². The Morgan fingerprint density at radius 2 is 1.51 bits per heavy atom. The highest BCUT2D eigenvalue weighted by Gasteiger charge is 2.43. The summed E-state index contributed by atoms with van der Waals surface area (Å²) in [4.78, 5) is 13.0. The van der Waals surface area contributed by atoms with Gasteiger partial charge in [-0.3, -0.25) is 0 Å². The van der Waals surface area contributed by atoms with Crippen LogP contribution in [0.2, 0.25) is 0 Å². The number of hydrogen-bond donors (Lipinski definition) is 1. The second-order valence-electron chi connectivity index (χ2n) is 8.62. The van der Waals surface area contributed by atoms with E-state index < -0.39 is 16.0 Å². The van der Waals surface area contributed by atoms with E-state index in [-0.39, 0.29) is 28.6 Å². The van der Waals surface area contributed by atoms with Gasteiger partial charge in [0.1, 0.15) is 0 Å². The normalized spacial score (nSPS) is 15.4. The third-order valence-electron chi connectivity index (χ3n) is 6.43. The molecule has 0 bridgehead atoms. The molecule has 0 fully saturated rings. The summed E-state index contributed by atoms with van der Waals surface area (Å²) in [6, 6.07) is 28.2. The minimum atomic E-state index is -4.28. The quantitative estimate of drug-likeness (QED) is 0.403. The van der Waals surface area contributed by atoms with Crippen LogP contribution >= 0.6 is 0 Å². The number of ether oxygens (including phenoxy) is 2. The fraction of sp³-hybridized carbons (Fsp3) is 0.0690. The van der Waals surface area contributed by atoms with Crippen LogP contribution in [0.3, 0.4) is 0 Å². The average Bonchev–Trinajstić information content (AvgIpc) is 3.39. The molecule has 0 saturated heterocycles. The van der Waals surface area contributed by atoms with Crippen LogP contribution in [-0.4, -0.2) is 26.3 Å². The second-order valence-corrected chi connectivity index (χ2v) is 10.4. The average molecular weight is 512 g/mol. The number of benzene rings is 4. The van der Waals surface area contributed by atoms with Crippen LogP contribution in [0.15, 0.2) is 108 Å². The standard InChI is InChI=1S/C29H21NO6S/c31-29(32)27-26(22-13-8-15-24-28(22)36-18-35-24)21-12-5-7-16-25(21)37(33,34)30(27)23-14-6-4-11-20(23)17-19-9-2-1-3-10-19/h1-16H,17-18H2,(H,31,32). The van der Waals surface area contributed by atoms with Gasteiger partial charge in [-0.1, -0.05) is 78.9 Å². The van der Waals surface area contributed by atoms with Crippen molar-refractivity contribution in [2.75, 3.05) is 11.1 Å². The van der Waals surface area contributed by atoms with Gasteiger partial charge in [0.25, 0.3) is 10.0 Å². The van der Waals surface area contributed by atoms with E-state index in [0.29, 0.717) is 34.6 Å². The van der Waals surface area contributed by atoms with Crippen LogP contribution in [-0.2, 0) is 21.2 Å². The molecule has 0 saturated carbocycles. The van der Waals surface area contributed by atoms with Gasteiger partial charge in [0.05, 0.1) is 10.6 Å². The molecule has 4 aromatic carbocycles.